The van der Waals surface area contributed by atoms with E-state index in [4.69, 9.17) is 14.6 Å². The minimum atomic E-state index is -3.71. The number of nitrogens with one attached hydrogen (secondary N) is 1. The molecule has 0 aromatic heterocycles. The van der Waals surface area contributed by atoms with Crippen molar-refractivity contribution in [1.82, 2.24) is 10.2 Å². The molecule has 29 heavy (non-hydrogen) atoms. The van der Waals surface area contributed by atoms with E-state index in [0.29, 0.717) is 6.54 Å². The Bertz CT molecular complexity index is 737. The van der Waals surface area contributed by atoms with Crippen molar-refractivity contribution < 1.29 is 17.9 Å². The average molecular weight is 540 g/mol. The average Bonchev–Trinajstić information content (AvgIpc) is 2.69. The molecule has 10 heteroatoms. The van der Waals surface area contributed by atoms with Crippen molar-refractivity contribution in [2.45, 2.75) is 43.7 Å². The van der Waals surface area contributed by atoms with Gasteiger partial charge in [-0.3, -0.25) is 0 Å². The number of likely N-dealkylation sites (tertiary alicyclic amines) is 1. The summed E-state index contributed by atoms with van der Waals surface area (Å²) in [5.74, 6) is 0.835. The molecule has 1 aromatic rings. The summed E-state index contributed by atoms with van der Waals surface area (Å²) >= 11 is 0. The molecule has 1 fully saturated rings. The number of rotatable bonds is 9. The summed E-state index contributed by atoms with van der Waals surface area (Å²) in [6.07, 6.45) is 3.11. The number of ether oxygens (including phenoxy) is 2. The maximum absolute atomic E-state index is 11.5. The maximum Gasteiger partial charge on any atom is 0.238 e. The first kappa shape index (κ1) is 26.1. The molecule has 0 saturated carbocycles. The number of nitrogens with zero attached hydrogens (tertiary/aromatic N) is 2. The van der Waals surface area contributed by atoms with Crippen LogP contribution in [0.5, 0.6) is 0 Å². The topological polar surface area (TPSA) is 106 Å². The highest BCUT2D eigenvalue weighted by molar-refractivity contribution is 14.0. The van der Waals surface area contributed by atoms with Crippen LogP contribution in [0.15, 0.2) is 34.2 Å². The minimum absolute atomic E-state index is 0. The smallest absolute Gasteiger partial charge is 0.238 e. The van der Waals surface area contributed by atoms with Crippen molar-refractivity contribution in [3.8, 4) is 0 Å². The zero-order chi connectivity index (χ0) is 20.4. The number of nitrogens with two attached hydrogens (primary N) is 1. The first-order valence-corrected chi connectivity index (χ1v) is 11.2. The summed E-state index contributed by atoms with van der Waals surface area (Å²) in [6, 6.07) is 6.60. The number of methoxy groups -OCH3 is 1. The molecule has 2 rings (SSSR count). The van der Waals surface area contributed by atoms with Gasteiger partial charge in [-0.2, -0.15) is 0 Å². The van der Waals surface area contributed by atoms with Crippen LogP contribution in [0.3, 0.4) is 0 Å². The van der Waals surface area contributed by atoms with E-state index in [1.165, 1.54) is 6.07 Å². The van der Waals surface area contributed by atoms with Gasteiger partial charge in [0.05, 0.1) is 17.5 Å². The highest BCUT2D eigenvalue weighted by Gasteiger charge is 2.21. The summed E-state index contributed by atoms with van der Waals surface area (Å²) in [5.41, 5.74) is 0.804. The van der Waals surface area contributed by atoms with Crippen LogP contribution in [0.1, 0.15) is 31.7 Å². The largest absolute Gasteiger partial charge is 0.385 e. The van der Waals surface area contributed by atoms with E-state index in [0.717, 1.165) is 63.6 Å². The van der Waals surface area contributed by atoms with E-state index in [1.54, 1.807) is 19.2 Å². The molecule has 166 valence electrons. The molecule has 1 saturated heterocycles. The molecule has 1 aliphatic rings. The third kappa shape index (κ3) is 9.16. The third-order valence-corrected chi connectivity index (χ3v) is 5.47. The van der Waals surface area contributed by atoms with Crippen LogP contribution in [0.25, 0.3) is 0 Å². The van der Waals surface area contributed by atoms with E-state index in [1.807, 2.05) is 13.0 Å². The lowest BCUT2D eigenvalue weighted by atomic mass is 10.1. The van der Waals surface area contributed by atoms with Gasteiger partial charge in [0.2, 0.25) is 10.0 Å². The van der Waals surface area contributed by atoms with Crippen molar-refractivity contribution in [3.63, 3.8) is 0 Å². The quantitative estimate of drug-likeness (QED) is 0.215. The molecular formula is C19H33IN4O4S. The summed E-state index contributed by atoms with van der Waals surface area (Å²) in [6.45, 7) is 6.39. The van der Waals surface area contributed by atoms with Crippen LogP contribution in [0.4, 0.5) is 0 Å². The van der Waals surface area contributed by atoms with Gasteiger partial charge in [0.15, 0.2) is 5.96 Å². The second-order valence-electron chi connectivity index (χ2n) is 6.77. The second kappa shape index (κ2) is 13.4. The molecular weight excluding hydrogens is 507 g/mol. The SMILES string of the molecule is CCNC(=NCc1cccc(S(N)(=O)=O)c1)N1CCC(OCCCOC)CC1.I. The van der Waals surface area contributed by atoms with Gasteiger partial charge in [0, 0.05) is 40.0 Å². The number of benzene rings is 1. The number of hydrogen-bond acceptors (Lipinski definition) is 5. The fourth-order valence-corrected chi connectivity index (χ4v) is 3.68. The van der Waals surface area contributed by atoms with Crippen LogP contribution in [0, 0.1) is 0 Å². The molecule has 0 spiro atoms. The van der Waals surface area contributed by atoms with E-state index >= 15 is 0 Å². The van der Waals surface area contributed by atoms with Crippen LogP contribution in [-0.2, 0) is 26.0 Å². The fourth-order valence-electron chi connectivity index (χ4n) is 3.10. The number of sulfonamides is 1. The second-order valence-corrected chi connectivity index (χ2v) is 8.33. The molecule has 1 aromatic carbocycles. The monoisotopic (exact) mass is 540 g/mol. The number of aliphatic imine (C=N–C) groups is 1. The molecule has 0 aliphatic carbocycles. The van der Waals surface area contributed by atoms with Crippen LogP contribution >= 0.6 is 24.0 Å². The molecule has 0 atom stereocenters. The molecule has 0 bridgehead atoms. The Morgan fingerprint density at radius 2 is 2.03 bits per heavy atom. The molecule has 0 unspecified atom stereocenters. The van der Waals surface area contributed by atoms with Crippen molar-refractivity contribution in [2.24, 2.45) is 10.1 Å². The van der Waals surface area contributed by atoms with Gasteiger partial charge in [-0.05, 0) is 43.9 Å². The van der Waals surface area contributed by atoms with Gasteiger partial charge >= 0.3 is 0 Å². The van der Waals surface area contributed by atoms with Gasteiger partial charge in [-0.1, -0.05) is 12.1 Å². The van der Waals surface area contributed by atoms with Crippen molar-refractivity contribution in [2.75, 3.05) is 40.0 Å². The normalized spacial score (nSPS) is 15.8. The van der Waals surface area contributed by atoms with E-state index in [9.17, 15) is 8.42 Å². The molecule has 1 heterocycles. The van der Waals surface area contributed by atoms with Gasteiger partial charge in [-0.15, -0.1) is 24.0 Å². The van der Waals surface area contributed by atoms with Crippen molar-refractivity contribution in [1.29, 1.82) is 0 Å². The number of halogens is 1. The molecule has 3 N–H and O–H groups in total. The third-order valence-electron chi connectivity index (χ3n) is 4.56. The van der Waals surface area contributed by atoms with E-state index in [-0.39, 0.29) is 35.0 Å². The van der Waals surface area contributed by atoms with Crippen molar-refractivity contribution >= 4 is 40.0 Å². The van der Waals surface area contributed by atoms with Gasteiger partial charge < -0.3 is 19.7 Å². The summed E-state index contributed by atoms with van der Waals surface area (Å²) in [7, 11) is -2.01. The predicted molar refractivity (Wildman–Crippen MR) is 125 cm³/mol. The zero-order valence-corrected chi connectivity index (χ0v) is 20.3. The first-order chi connectivity index (χ1) is 13.4. The number of primary sulfonamides is 1. The minimum Gasteiger partial charge on any atom is -0.385 e. The molecule has 0 amide bonds. The van der Waals surface area contributed by atoms with Gasteiger partial charge in [0.25, 0.3) is 0 Å². The summed E-state index contributed by atoms with van der Waals surface area (Å²) in [4.78, 5) is 7.01. The highest BCUT2D eigenvalue weighted by Crippen LogP contribution is 2.15. The Morgan fingerprint density at radius 1 is 1.31 bits per heavy atom. The maximum atomic E-state index is 11.5. The first-order valence-electron chi connectivity index (χ1n) is 9.69. The predicted octanol–water partition coefficient (Wildman–Crippen LogP) is 1.94. The molecule has 8 nitrogen and oxygen atoms in total. The Hall–Kier alpha value is -0.950. The van der Waals surface area contributed by atoms with E-state index in [2.05, 4.69) is 15.2 Å². The highest BCUT2D eigenvalue weighted by atomic mass is 127. The standard InChI is InChI=1S/C19H32N4O4S.HI/c1-3-21-19(22-15-16-6-4-7-18(14-16)28(20,24)25)23-10-8-17(9-11-23)27-13-5-12-26-2;/h4,6-7,14,17H,3,5,8-13,15H2,1-2H3,(H,21,22)(H2,20,24,25);1H. The van der Waals surface area contributed by atoms with Crippen LogP contribution in [-0.4, -0.2) is 65.3 Å². The fraction of sp³-hybridized carbons (Fsp3) is 0.632. The number of guanidine groups is 1. The summed E-state index contributed by atoms with van der Waals surface area (Å²) < 4.78 is 34.0. The Morgan fingerprint density at radius 3 is 2.66 bits per heavy atom. The van der Waals surface area contributed by atoms with Gasteiger partial charge in [0.1, 0.15) is 0 Å². The molecule has 1 aliphatic heterocycles. The number of hydrogen-bond donors (Lipinski definition) is 2. The Balaban J connectivity index is 0.00000420. The lowest BCUT2D eigenvalue weighted by Gasteiger charge is -2.34. The van der Waals surface area contributed by atoms with Crippen LogP contribution < -0.4 is 10.5 Å². The lowest BCUT2D eigenvalue weighted by Crippen LogP contribution is -2.47. The van der Waals surface area contributed by atoms with Crippen LogP contribution in [0.2, 0.25) is 0 Å². The molecule has 0 radical (unpaired) electrons. The number of piperidine rings is 1. The van der Waals surface area contributed by atoms with Gasteiger partial charge in [-0.25, -0.2) is 18.5 Å². The van der Waals surface area contributed by atoms with E-state index < -0.39 is 10.0 Å². The zero-order valence-electron chi connectivity index (χ0n) is 17.2. The van der Waals surface area contributed by atoms with Crippen molar-refractivity contribution in [3.05, 3.63) is 29.8 Å². The Labute approximate surface area is 191 Å². The summed E-state index contributed by atoms with van der Waals surface area (Å²) in [5, 5.41) is 8.53. The Kier molecular flexibility index (Phi) is 12.0. The lowest BCUT2D eigenvalue weighted by molar-refractivity contribution is 0.00990.